The highest BCUT2D eigenvalue weighted by Crippen LogP contribution is 2.42. The highest BCUT2D eigenvalue weighted by molar-refractivity contribution is 5.91. The molecule has 5 rings (SSSR count). The van der Waals surface area contributed by atoms with Crippen LogP contribution < -0.4 is 4.74 Å². The van der Waals surface area contributed by atoms with Crippen LogP contribution in [-0.2, 0) is 20.0 Å². The lowest BCUT2D eigenvalue weighted by molar-refractivity contribution is 0.0678. The lowest BCUT2D eigenvalue weighted by atomic mass is 9.92. The van der Waals surface area contributed by atoms with Crippen molar-refractivity contribution in [3.05, 3.63) is 53.6 Å². The largest absolute Gasteiger partial charge is 0.496 e. The van der Waals surface area contributed by atoms with E-state index in [0.717, 1.165) is 11.1 Å². The van der Waals surface area contributed by atoms with Crippen LogP contribution in [0.15, 0.2) is 36.4 Å². The first-order chi connectivity index (χ1) is 15.0. The van der Waals surface area contributed by atoms with Crippen molar-refractivity contribution in [3.63, 3.8) is 0 Å². The molecule has 0 amide bonds. The minimum atomic E-state index is -1.12. The molecular weight excluding hydrogens is 403 g/mol. The van der Waals surface area contributed by atoms with Gasteiger partial charge in [0.15, 0.2) is 0 Å². The zero-order valence-corrected chi connectivity index (χ0v) is 16.7. The van der Waals surface area contributed by atoms with Crippen LogP contribution in [0.3, 0.4) is 0 Å². The maximum atomic E-state index is 13.5. The molecule has 1 N–H and O–H groups in total. The summed E-state index contributed by atoms with van der Waals surface area (Å²) in [7, 11) is 3.24. The average molecular weight is 420 g/mol. The first kappa shape index (κ1) is 18.9. The van der Waals surface area contributed by atoms with E-state index in [9.17, 15) is 14.3 Å². The average Bonchev–Trinajstić information content (AvgIpc) is 3.37. The molecule has 0 saturated heterocycles. The second-order valence-corrected chi connectivity index (χ2v) is 7.16. The predicted molar refractivity (Wildman–Crippen MR) is 108 cm³/mol. The van der Waals surface area contributed by atoms with E-state index in [1.165, 1.54) is 16.9 Å². The van der Waals surface area contributed by atoms with Gasteiger partial charge in [0.2, 0.25) is 11.6 Å². The molecule has 0 aliphatic carbocycles. The maximum Gasteiger partial charge on any atom is 0.372 e. The maximum absolute atomic E-state index is 13.5. The van der Waals surface area contributed by atoms with Gasteiger partial charge in [-0.2, -0.15) is 4.80 Å². The first-order valence-corrected chi connectivity index (χ1v) is 9.51. The Morgan fingerprint density at radius 3 is 2.61 bits per heavy atom. The summed E-state index contributed by atoms with van der Waals surface area (Å²) >= 11 is 0. The van der Waals surface area contributed by atoms with Crippen LogP contribution in [-0.4, -0.2) is 47.9 Å². The molecule has 156 valence electrons. The van der Waals surface area contributed by atoms with Crippen molar-refractivity contribution in [2.75, 3.05) is 7.11 Å². The number of aromatic carboxylic acids is 1. The Morgan fingerprint density at radius 2 is 1.97 bits per heavy atom. The van der Waals surface area contributed by atoms with Crippen molar-refractivity contribution in [1.82, 2.24) is 29.8 Å². The molecule has 1 aliphatic heterocycles. The number of ether oxygens (including phenoxy) is 1. The van der Waals surface area contributed by atoms with Gasteiger partial charge in [-0.1, -0.05) is 0 Å². The van der Waals surface area contributed by atoms with Gasteiger partial charge >= 0.3 is 5.97 Å². The van der Waals surface area contributed by atoms with Gasteiger partial charge in [0, 0.05) is 17.7 Å². The number of aryl methyl sites for hydroxylation is 2. The number of carboxylic acid groups (broad SMARTS) is 1. The lowest BCUT2D eigenvalue weighted by Gasteiger charge is -2.22. The minimum Gasteiger partial charge on any atom is -0.496 e. The van der Waals surface area contributed by atoms with Crippen LogP contribution in [0.5, 0.6) is 5.75 Å². The summed E-state index contributed by atoms with van der Waals surface area (Å²) in [6.45, 7) is 0.448. The van der Waals surface area contributed by atoms with E-state index in [2.05, 4.69) is 20.4 Å². The van der Waals surface area contributed by atoms with Crippen LogP contribution in [0.1, 0.15) is 16.2 Å². The van der Waals surface area contributed by atoms with Gasteiger partial charge in [-0.15, -0.1) is 10.2 Å². The molecule has 3 heterocycles. The van der Waals surface area contributed by atoms with Crippen LogP contribution in [0, 0.1) is 5.82 Å². The number of carbonyl (C=O) groups is 1. The number of halogens is 1. The van der Waals surface area contributed by atoms with Crippen molar-refractivity contribution in [2.45, 2.75) is 13.0 Å². The van der Waals surface area contributed by atoms with E-state index in [0.29, 0.717) is 47.1 Å². The Kier molecular flexibility index (Phi) is 4.28. The number of hydrogen-bond acceptors (Lipinski definition) is 6. The Hall–Kier alpha value is -4.08. The molecule has 10 heteroatoms. The Balaban J connectivity index is 1.79. The molecule has 0 spiro atoms. The third-order valence-corrected chi connectivity index (χ3v) is 5.31. The van der Waals surface area contributed by atoms with Crippen molar-refractivity contribution in [3.8, 4) is 39.7 Å². The van der Waals surface area contributed by atoms with Gasteiger partial charge in [-0.25, -0.2) is 14.2 Å². The van der Waals surface area contributed by atoms with Gasteiger partial charge in [0.25, 0.3) is 0 Å². The molecule has 2 aromatic carbocycles. The monoisotopic (exact) mass is 420 g/mol. The number of carboxylic acids is 1. The van der Waals surface area contributed by atoms with Crippen LogP contribution in [0.25, 0.3) is 33.9 Å². The fourth-order valence-electron chi connectivity index (χ4n) is 3.93. The Labute approximate surface area is 175 Å². The quantitative estimate of drug-likeness (QED) is 0.541. The molecule has 4 aromatic rings. The smallest absolute Gasteiger partial charge is 0.372 e. The van der Waals surface area contributed by atoms with E-state index in [-0.39, 0.29) is 11.6 Å². The Bertz CT molecular complexity index is 1330. The van der Waals surface area contributed by atoms with E-state index < -0.39 is 5.97 Å². The second-order valence-electron chi connectivity index (χ2n) is 7.16. The topological polar surface area (TPSA) is 108 Å². The number of hydrogen-bond donors (Lipinski definition) is 1. The summed E-state index contributed by atoms with van der Waals surface area (Å²) in [6, 6.07) is 9.62. The highest BCUT2D eigenvalue weighted by atomic mass is 19.1. The van der Waals surface area contributed by atoms with E-state index in [4.69, 9.17) is 4.74 Å². The van der Waals surface area contributed by atoms with Crippen molar-refractivity contribution < 1.29 is 19.0 Å². The standard InChI is InChI=1S/C21H17FN6O3/c1-27-25-19(24-26-27)15-10-14-12(9-16(15)31-2)7-8-28-18(14)17(23-20(28)21(29)30)11-3-5-13(22)6-4-11/h3-6,9-10H,7-8H2,1-2H3,(H,29,30). The fraction of sp³-hybridized carbons (Fsp3) is 0.190. The molecule has 0 bridgehead atoms. The number of fused-ring (bicyclic) bond motifs is 3. The summed E-state index contributed by atoms with van der Waals surface area (Å²) in [5.74, 6) is -0.573. The Morgan fingerprint density at radius 1 is 1.19 bits per heavy atom. The summed E-state index contributed by atoms with van der Waals surface area (Å²) in [4.78, 5) is 17.6. The third kappa shape index (κ3) is 3.03. The normalized spacial score (nSPS) is 12.4. The van der Waals surface area contributed by atoms with Crippen LogP contribution in [0.4, 0.5) is 4.39 Å². The molecule has 2 aromatic heterocycles. The van der Waals surface area contributed by atoms with Gasteiger partial charge in [-0.3, -0.25) is 0 Å². The van der Waals surface area contributed by atoms with E-state index >= 15 is 0 Å². The predicted octanol–water partition coefficient (Wildman–Crippen LogP) is 2.81. The van der Waals surface area contributed by atoms with E-state index in [1.54, 1.807) is 30.9 Å². The number of rotatable bonds is 4. The molecule has 0 fully saturated rings. The number of nitrogens with zero attached hydrogens (tertiary/aromatic N) is 6. The van der Waals surface area contributed by atoms with Crippen molar-refractivity contribution in [2.24, 2.45) is 7.05 Å². The lowest BCUT2D eigenvalue weighted by Crippen LogP contribution is -2.16. The van der Waals surface area contributed by atoms with E-state index in [1.807, 2.05) is 12.1 Å². The second kappa shape index (κ2) is 7.01. The molecule has 0 unspecified atom stereocenters. The number of tetrazole rings is 1. The number of benzene rings is 2. The van der Waals surface area contributed by atoms with Gasteiger partial charge in [-0.05, 0) is 53.6 Å². The molecule has 0 radical (unpaired) electrons. The van der Waals surface area contributed by atoms with Crippen molar-refractivity contribution >= 4 is 5.97 Å². The summed E-state index contributed by atoms with van der Waals surface area (Å²) < 4.78 is 20.7. The summed E-state index contributed by atoms with van der Waals surface area (Å²) in [5, 5.41) is 22.0. The van der Waals surface area contributed by atoms with Crippen molar-refractivity contribution in [1.29, 1.82) is 0 Å². The third-order valence-electron chi connectivity index (χ3n) is 5.31. The molecule has 0 atom stereocenters. The van der Waals surface area contributed by atoms with Crippen LogP contribution in [0.2, 0.25) is 0 Å². The SMILES string of the molecule is COc1cc2c(cc1-c1nnn(C)n1)-c1c(-c3ccc(F)cc3)nc(C(=O)O)n1CC2. The first-order valence-electron chi connectivity index (χ1n) is 9.51. The summed E-state index contributed by atoms with van der Waals surface area (Å²) in [5.41, 5.74) is 4.16. The van der Waals surface area contributed by atoms with Gasteiger partial charge in [0.1, 0.15) is 11.6 Å². The molecule has 0 saturated carbocycles. The summed E-state index contributed by atoms with van der Waals surface area (Å²) in [6.07, 6.45) is 0.604. The number of methoxy groups -OCH3 is 1. The number of imidazole rings is 1. The zero-order chi connectivity index (χ0) is 21.7. The van der Waals surface area contributed by atoms with Crippen LogP contribution >= 0.6 is 0 Å². The minimum absolute atomic E-state index is 0.0602. The number of aromatic nitrogens is 6. The molecule has 1 aliphatic rings. The fourth-order valence-corrected chi connectivity index (χ4v) is 3.93. The molecule has 9 nitrogen and oxygen atoms in total. The molecular formula is C21H17FN6O3. The van der Waals surface area contributed by atoms with Gasteiger partial charge < -0.3 is 14.4 Å². The zero-order valence-electron chi connectivity index (χ0n) is 16.7. The highest BCUT2D eigenvalue weighted by Gasteiger charge is 2.29. The molecule has 31 heavy (non-hydrogen) atoms. The van der Waals surface area contributed by atoms with Gasteiger partial charge in [0.05, 0.1) is 31.1 Å².